The summed E-state index contributed by atoms with van der Waals surface area (Å²) >= 11 is 0. The maximum absolute atomic E-state index is 13.0. The van der Waals surface area contributed by atoms with Gasteiger partial charge in [-0.2, -0.15) is 18.3 Å². The van der Waals surface area contributed by atoms with Gasteiger partial charge in [-0.05, 0) is 51.5 Å². The molecule has 1 aliphatic heterocycles. The molecule has 10 heteroatoms. The zero-order valence-electron chi connectivity index (χ0n) is 20.8. The molecule has 1 saturated heterocycles. The second-order valence-corrected chi connectivity index (χ2v) is 9.49. The van der Waals surface area contributed by atoms with Gasteiger partial charge in [-0.25, -0.2) is 4.79 Å². The largest absolute Gasteiger partial charge is 0.459 e. The van der Waals surface area contributed by atoms with E-state index < -0.39 is 12.7 Å². The molecule has 0 saturated carbocycles. The summed E-state index contributed by atoms with van der Waals surface area (Å²) in [7, 11) is 1.87. The molecule has 4 rings (SSSR count). The predicted octanol–water partition coefficient (Wildman–Crippen LogP) is 4.45. The summed E-state index contributed by atoms with van der Waals surface area (Å²) in [4.78, 5) is 16.6. The molecule has 1 fully saturated rings. The van der Waals surface area contributed by atoms with Crippen LogP contribution in [0.2, 0.25) is 0 Å². The average molecular weight is 492 g/mol. The molecule has 0 aliphatic carbocycles. The maximum Gasteiger partial charge on any atom is 0.401 e. The van der Waals surface area contributed by atoms with Crippen LogP contribution in [-0.4, -0.2) is 75.0 Å². The van der Waals surface area contributed by atoms with Gasteiger partial charge in [0.25, 0.3) is 0 Å². The molecule has 0 radical (unpaired) electrons. The average Bonchev–Trinajstić information content (AvgIpc) is 3.37. The molecule has 190 valence electrons. The number of carbonyl (C=O) groups is 1. The highest BCUT2D eigenvalue weighted by molar-refractivity contribution is 5.93. The minimum atomic E-state index is -4.20. The molecule has 35 heavy (non-hydrogen) atoms. The lowest BCUT2D eigenvalue weighted by Gasteiger charge is -2.39. The number of nitrogens with zero attached hydrogens (tertiary/aromatic N) is 5. The monoisotopic (exact) mass is 491 g/mol. The van der Waals surface area contributed by atoms with Gasteiger partial charge in [0, 0.05) is 68.4 Å². The van der Waals surface area contributed by atoms with Gasteiger partial charge in [0.2, 0.25) is 0 Å². The second-order valence-electron chi connectivity index (χ2n) is 9.49. The Morgan fingerprint density at radius 1 is 1.14 bits per heavy atom. The molecule has 0 bridgehead atoms. The van der Waals surface area contributed by atoms with Crippen LogP contribution in [-0.2, 0) is 11.8 Å². The van der Waals surface area contributed by atoms with Crippen molar-refractivity contribution in [2.24, 2.45) is 7.05 Å². The molecule has 0 aromatic carbocycles. The first kappa shape index (κ1) is 25.2. The zero-order chi connectivity index (χ0) is 25.5. The summed E-state index contributed by atoms with van der Waals surface area (Å²) < 4.78 is 47.9. The van der Waals surface area contributed by atoms with Crippen LogP contribution in [0, 0.1) is 6.92 Å². The summed E-state index contributed by atoms with van der Waals surface area (Å²) in [5.74, 6) is -0.383. The molecule has 0 spiro atoms. The number of aryl methyl sites for hydroxylation is 1. The fraction of sp³-hybridized carbons (Fsp3) is 0.520. The lowest BCUT2D eigenvalue weighted by Crippen LogP contribution is -2.49. The Bertz CT molecular complexity index is 1210. The quantitative estimate of drug-likeness (QED) is 0.477. The summed E-state index contributed by atoms with van der Waals surface area (Å²) in [5, 5.41) is 4.26. The van der Waals surface area contributed by atoms with E-state index in [9.17, 15) is 18.0 Å². The summed E-state index contributed by atoms with van der Waals surface area (Å²) in [6.45, 7) is 8.39. The van der Waals surface area contributed by atoms with Gasteiger partial charge in [0.05, 0.1) is 23.9 Å². The molecule has 3 aromatic rings. The lowest BCUT2D eigenvalue weighted by molar-refractivity contribution is -0.149. The van der Waals surface area contributed by atoms with Crippen LogP contribution in [0.15, 0.2) is 30.6 Å². The van der Waals surface area contributed by atoms with Crippen molar-refractivity contribution in [1.29, 1.82) is 0 Å². The lowest BCUT2D eigenvalue weighted by atomic mass is 10.0. The van der Waals surface area contributed by atoms with Crippen LogP contribution in [0.25, 0.3) is 16.8 Å². The first-order chi connectivity index (χ1) is 16.4. The third-order valence-corrected chi connectivity index (χ3v) is 6.62. The van der Waals surface area contributed by atoms with Crippen LogP contribution in [0.5, 0.6) is 0 Å². The summed E-state index contributed by atoms with van der Waals surface area (Å²) in [6.07, 6.45) is -0.687. The van der Waals surface area contributed by atoms with Crippen molar-refractivity contribution < 1.29 is 22.7 Å². The summed E-state index contributed by atoms with van der Waals surface area (Å²) in [5.41, 5.74) is 4.98. The Kier molecular flexibility index (Phi) is 6.97. The number of piperazine rings is 1. The molecule has 1 aliphatic rings. The van der Waals surface area contributed by atoms with Gasteiger partial charge in [-0.3, -0.25) is 14.5 Å². The van der Waals surface area contributed by atoms with Gasteiger partial charge in [0.15, 0.2) is 0 Å². The Balaban J connectivity index is 1.73. The molecule has 0 N–H and O–H groups in total. The normalized spacial score (nSPS) is 16.8. The van der Waals surface area contributed by atoms with Crippen molar-refractivity contribution in [3.05, 3.63) is 47.4 Å². The SMILES string of the molecule is Cc1c(C(=O)OC(C)C)cc2cc(-c3ccnn3C)cn2c1C(C)N1CCN(CC(F)(F)F)CC1. The number of hydrogen-bond acceptors (Lipinski definition) is 5. The van der Waals surface area contributed by atoms with Crippen molar-refractivity contribution in [2.45, 2.75) is 46.0 Å². The Morgan fingerprint density at radius 3 is 2.40 bits per heavy atom. The van der Waals surface area contributed by atoms with Gasteiger partial charge in [-0.1, -0.05) is 0 Å². The number of fused-ring (bicyclic) bond motifs is 1. The zero-order valence-corrected chi connectivity index (χ0v) is 20.8. The van der Waals surface area contributed by atoms with E-state index in [2.05, 4.69) is 14.4 Å². The number of rotatable bonds is 6. The summed E-state index contributed by atoms with van der Waals surface area (Å²) in [6, 6.07) is 5.67. The minimum Gasteiger partial charge on any atom is -0.459 e. The number of halogens is 3. The topological polar surface area (TPSA) is 55.0 Å². The van der Waals surface area contributed by atoms with Crippen molar-refractivity contribution in [3.8, 4) is 11.3 Å². The highest BCUT2D eigenvalue weighted by atomic mass is 19.4. The highest BCUT2D eigenvalue weighted by Crippen LogP contribution is 2.32. The van der Waals surface area contributed by atoms with Crippen molar-refractivity contribution in [2.75, 3.05) is 32.7 Å². The molecule has 0 amide bonds. The van der Waals surface area contributed by atoms with E-state index in [4.69, 9.17) is 4.74 Å². The number of carbonyl (C=O) groups excluding carboxylic acids is 1. The fourth-order valence-corrected chi connectivity index (χ4v) is 4.91. The van der Waals surface area contributed by atoms with E-state index in [1.807, 2.05) is 59.1 Å². The molecular formula is C25H32F3N5O2. The fourth-order valence-electron chi connectivity index (χ4n) is 4.91. The molecule has 3 aromatic heterocycles. The van der Waals surface area contributed by atoms with E-state index in [0.717, 1.165) is 28.0 Å². The maximum atomic E-state index is 13.0. The third kappa shape index (κ3) is 5.38. The molecule has 1 unspecified atom stereocenters. The molecule has 7 nitrogen and oxygen atoms in total. The van der Waals surface area contributed by atoms with Crippen LogP contribution >= 0.6 is 0 Å². The Hall–Kier alpha value is -2.85. The number of pyridine rings is 1. The number of hydrogen-bond donors (Lipinski definition) is 0. The van der Waals surface area contributed by atoms with Gasteiger partial charge >= 0.3 is 12.1 Å². The Morgan fingerprint density at radius 2 is 1.83 bits per heavy atom. The minimum absolute atomic E-state index is 0.121. The molecular weight excluding hydrogens is 459 g/mol. The molecule has 4 heterocycles. The predicted molar refractivity (Wildman–Crippen MR) is 127 cm³/mol. The number of aromatic nitrogens is 3. The van der Waals surface area contributed by atoms with Crippen LogP contribution in [0.1, 0.15) is 48.4 Å². The standard InChI is InChI=1S/C25H32F3N5O2/c1-16(2)35-24(34)21-13-20-12-19(22-6-7-29-30(22)5)14-33(20)23(17(21)3)18(4)32-10-8-31(9-11-32)15-25(26,27)28/h6-7,12-14,16,18H,8-11,15H2,1-5H3. The number of alkyl halides is 3. The number of ether oxygens (including phenoxy) is 1. The van der Waals surface area contributed by atoms with E-state index in [1.54, 1.807) is 10.9 Å². The van der Waals surface area contributed by atoms with Gasteiger partial charge < -0.3 is 9.14 Å². The van der Waals surface area contributed by atoms with Crippen LogP contribution in [0.3, 0.4) is 0 Å². The number of esters is 1. The molecule has 1 atom stereocenters. The van der Waals surface area contributed by atoms with Crippen LogP contribution < -0.4 is 0 Å². The van der Waals surface area contributed by atoms with E-state index >= 15 is 0 Å². The van der Waals surface area contributed by atoms with Gasteiger partial charge in [-0.15, -0.1) is 0 Å². The van der Waals surface area contributed by atoms with E-state index in [-0.39, 0.29) is 18.1 Å². The van der Waals surface area contributed by atoms with Crippen molar-refractivity contribution >= 4 is 11.5 Å². The van der Waals surface area contributed by atoms with Crippen LogP contribution in [0.4, 0.5) is 13.2 Å². The highest BCUT2D eigenvalue weighted by Gasteiger charge is 2.34. The third-order valence-electron chi connectivity index (χ3n) is 6.62. The van der Waals surface area contributed by atoms with Gasteiger partial charge in [0.1, 0.15) is 0 Å². The van der Waals surface area contributed by atoms with Crippen molar-refractivity contribution in [3.63, 3.8) is 0 Å². The van der Waals surface area contributed by atoms with E-state index in [1.165, 1.54) is 4.90 Å². The van der Waals surface area contributed by atoms with Crippen molar-refractivity contribution in [1.82, 2.24) is 24.0 Å². The van der Waals surface area contributed by atoms with E-state index in [0.29, 0.717) is 31.7 Å². The Labute approximate surface area is 203 Å². The smallest absolute Gasteiger partial charge is 0.401 e. The first-order valence-corrected chi connectivity index (χ1v) is 11.8. The first-order valence-electron chi connectivity index (χ1n) is 11.8. The second kappa shape index (κ2) is 9.66.